The number of piperidine rings is 1. The molecule has 1 heterocycles. The van der Waals surface area contributed by atoms with Crippen molar-refractivity contribution in [3.05, 3.63) is 30.3 Å². The van der Waals surface area contributed by atoms with Gasteiger partial charge in [-0.2, -0.15) is 0 Å². The predicted molar refractivity (Wildman–Crippen MR) is 93.5 cm³/mol. The zero-order valence-electron chi connectivity index (χ0n) is 13.4. The molecule has 1 aliphatic heterocycles. The Labute approximate surface area is 133 Å². The van der Waals surface area contributed by atoms with Crippen molar-refractivity contribution in [1.29, 1.82) is 0 Å². The molecule has 1 aromatic rings. The van der Waals surface area contributed by atoms with Crippen molar-refractivity contribution in [2.75, 3.05) is 11.9 Å². The molecule has 21 heavy (non-hydrogen) atoms. The highest BCUT2D eigenvalue weighted by atomic mass is 32.1. The monoisotopic (exact) mass is 302 g/mol. The van der Waals surface area contributed by atoms with Crippen molar-refractivity contribution in [3.63, 3.8) is 0 Å². The molecule has 3 heteroatoms. The van der Waals surface area contributed by atoms with E-state index in [1.165, 1.54) is 25.7 Å². The maximum atomic E-state index is 5.69. The Bertz CT molecular complexity index is 523. The molecule has 2 bridgehead atoms. The second-order valence-corrected chi connectivity index (χ2v) is 8.34. The lowest BCUT2D eigenvalue weighted by Gasteiger charge is -2.55. The Kier molecular flexibility index (Phi) is 3.73. The van der Waals surface area contributed by atoms with Gasteiger partial charge in [-0.15, -0.1) is 0 Å². The highest BCUT2D eigenvalue weighted by molar-refractivity contribution is 7.80. The van der Waals surface area contributed by atoms with Gasteiger partial charge in [-0.05, 0) is 60.9 Å². The topological polar surface area (TPSA) is 15.3 Å². The molecule has 1 saturated heterocycles. The van der Waals surface area contributed by atoms with Gasteiger partial charge in [0.15, 0.2) is 5.11 Å². The van der Waals surface area contributed by atoms with E-state index in [0.29, 0.717) is 16.9 Å². The number of para-hydroxylation sites is 1. The number of hydrogen-bond donors (Lipinski definition) is 1. The number of fused-ring (bicyclic) bond motifs is 2. The van der Waals surface area contributed by atoms with Crippen molar-refractivity contribution in [3.8, 4) is 0 Å². The Morgan fingerprint density at radius 1 is 1.19 bits per heavy atom. The minimum Gasteiger partial charge on any atom is -0.346 e. The fourth-order valence-corrected chi connectivity index (χ4v) is 4.90. The number of nitrogens with one attached hydrogen (secondary N) is 1. The Balaban J connectivity index is 1.73. The lowest BCUT2D eigenvalue weighted by atomic mass is 9.59. The molecular formula is C18H26N2S. The van der Waals surface area contributed by atoms with Crippen LogP contribution in [0.15, 0.2) is 30.3 Å². The first kappa shape index (κ1) is 14.8. The highest BCUT2D eigenvalue weighted by Crippen LogP contribution is 2.51. The van der Waals surface area contributed by atoms with Gasteiger partial charge < -0.3 is 10.2 Å². The number of benzene rings is 1. The summed E-state index contributed by atoms with van der Waals surface area (Å²) in [6, 6.07) is 10.9. The average molecular weight is 302 g/mol. The van der Waals surface area contributed by atoms with Crippen molar-refractivity contribution < 1.29 is 0 Å². The van der Waals surface area contributed by atoms with Crippen LogP contribution in [0.3, 0.4) is 0 Å². The van der Waals surface area contributed by atoms with Crippen LogP contribution in [0.4, 0.5) is 5.69 Å². The molecule has 3 rings (SSSR count). The van der Waals surface area contributed by atoms with E-state index in [1.807, 2.05) is 18.2 Å². The molecule has 1 saturated carbocycles. The van der Waals surface area contributed by atoms with Crippen LogP contribution in [0.2, 0.25) is 0 Å². The second-order valence-electron chi connectivity index (χ2n) is 7.95. The van der Waals surface area contributed by atoms with E-state index < -0.39 is 0 Å². The summed E-state index contributed by atoms with van der Waals surface area (Å²) in [5.41, 5.74) is 2.02. The molecule has 0 unspecified atom stereocenters. The lowest BCUT2D eigenvalue weighted by Crippen LogP contribution is -2.55. The first-order valence-corrected chi connectivity index (χ1v) is 8.41. The third kappa shape index (κ3) is 3.23. The van der Waals surface area contributed by atoms with Crippen LogP contribution < -0.4 is 5.32 Å². The van der Waals surface area contributed by atoms with Gasteiger partial charge in [0.2, 0.25) is 0 Å². The molecule has 0 spiro atoms. The van der Waals surface area contributed by atoms with Gasteiger partial charge in [0.1, 0.15) is 0 Å². The maximum Gasteiger partial charge on any atom is 0.173 e. The summed E-state index contributed by atoms with van der Waals surface area (Å²) >= 11 is 5.69. The quantitative estimate of drug-likeness (QED) is 0.759. The number of nitrogens with zero attached hydrogens (tertiary/aromatic N) is 1. The molecule has 2 fully saturated rings. The number of rotatable bonds is 1. The summed E-state index contributed by atoms with van der Waals surface area (Å²) in [5, 5.41) is 4.31. The van der Waals surface area contributed by atoms with Crippen molar-refractivity contribution in [2.24, 2.45) is 10.8 Å². The fraction of sp³-hybridized carbons (Fsp3) is 0.611. The van der Waals surface area contributed by atoms with E-state index in [1.54, 1.807) is 0 Å². The molecular weight excluding hydrogens is 276 g/mol. The number of thiocarbonyl (C=S) groups is 1. The van der Waals surface area contributed by atoms with Crippen molar-refractivity contribution >= 4 is 23.0 Å². The molecule has 114 valence electrons. The van der Waals surface area contributed by atoms with Gasteiger partial charge in [-0.25, -0.2) is 0 Å². The Hall–Kier alpha value is -1.09. The Morgan fingerprint density at radius 3 is 2.62 bits per heavy atom. The number of likely N-dealkylation sites (tertiary alicyclic amines) is 1. The largest absolute Gasteiger partial charge is 0.346 e. The number of anilines is 1. The molecule has 1 N–H and O–H groups in total. The van der Waals surface area contributed by atoms with E-state index in [2.05, 4.69) is 43.1 Å². The van der Waals surface area contributed by atoms with Gasteiger partial charge in [0, 0.05) is 18.3 Å². The molecule has 2 atom stereocenters. The molecule has 1 aromatic carbocycles. The van der Waals surface area contributed by atoms with Gasteiger partial charge in [-0.1, -0.05) is 39.0 Å². The van der Waals surface area contributed by atoms with Crippen molar-refractivity contribution in [2.45, 2.75) is 52.5 Å². The van der Waals surface area contributed by atoms with Crippen LogP contribution in [0, 0.1) is 10.8 Å². The summed E-state index contributed by atoms with van der Waals surface area (Å²) < 4.78 is 0. The highest BCUT2D eigenvalue weighted by Gasteiger charge is 2.46. The molecule has 0 aromatic heterocycles. The molecule has 1 aliphatic carbocycles. The third-order valence-corrected chi connectivity index (χ3v) is 5.44. The van der Waals surface area contributed by atoms with Crippen LogP contribution in [0.1, 0.15) is 46.5 Å². The van der Waals surface area contributed by atoms with Gasteiger partial charge in [-0.3, -0.25) is 0 Å². The van der Waals surface area contributed by atoms with E-state index >= 15 is 0 Å². The van der Waals surface area contributed by atoms with Gasteiger partial charge in [0.05, 0.1) is 0 Å². The number of hydrogen-bond acceptors (Lipinski definition) is 1. The van der Waals surface area contributed by atoms with Crippen molar-refractivity contribution in [1.82, 2.24) is 4.90 Å². The zero-order valence-corrected chi connectivity index (χ0v) is 14.2. The molecule has 0 radical (unpaired) electrons. The molecule has 0 amide bonds. The predicted octanol–water partition coefficient (Wildman–Crippen LogP) is 4.67. The van der Waals surface area contributed by atoms with Crippen LogP contribution >= 0.6 is 12.2 Å². The van der Waals surface area contributed by atoms with Crippen LogP contribution in [0.25, 0.3) is 0 Å². The summed E-state index contributed by atoms with van der Waals surface area (Å²) in [7, 11) is 0. The molecule has 2 nitrogen and oxygen atoms in total. The van der Waals surface area contributed by atoms with Crippen LogP contribution in [-0.4, -0.2) is 22.6 Å². The van der Waals surface area contributed by atoms with Crippen LogP contribution in [-0.2, 0) is 0 Å². The first-order chi connectivity index (χ1) is 9.87. The normalized spacial score (nSPS) is 30.8. The zero-order chi connectivity index (χ0) is 15.1. The smallest absolute Gasteiger partial charge is 0.173 e. The summed E-state index contributed by atoms with van der Waals surface area (Å²) in [6.07, 6.45) is 5.14. The Morgan fingerprint density at radius 2 is 1.90 bits per heavy atom. The van der Waals surface area contributed by atoms with E-state index in [4.69, 9.17) is 12.2 Å². The summed E-state index contributed by atoms with van der Waals surface area (Å²) in [5.74, 6) is 0. The second kappa shape index (κ2) is 5.28. The molecule has 2 aliphatic rings. The van der Waals surface area contributed by atoms with E-state index in [-0.39, 0.29) is 0 Å². The maximum absolute atomic E-state index is 5.69. The lowest BCUT2D eigenvalue weighted by molar-refractivity contribution is -0.00575. The van der Waals surface area contributed by atoms with E-state index in [0.717, 1.165) is 17.3 Å². The summed E-state index contributed by atoms with van der Waals surface area (Å²) in [4.78, 5) is 2.44. The fourth-order valence-electron chi connectivity index (χ4n) is 4.55. The van der Waals surface area contributed by atoms with Gasteiger partial charge >= 0.3 is 0 Å². The van der Waals surface area contributed by atoms with Crippen LogP contribution in [0.5, 0.6) is 0 Å². The average Bonchev–Trinajstić information content (AvgIpc) is 2.37. The van der Waals surface area contributed by atoms with E-state index in [9.17, 15) is 0 Å². The minimum atomic E-state index is 0.429. The minimum absolute atomic E-state index is 0.429. The summed E-state index contributed by atoms with van der Waals surface area (Å²) in [6.45, 7) is 8.38. The standard InChI is InChI=1S/C18H26N2S/c1-17(2)11-15-12-18(3,13-17)9-10-20(15)16(21)19-14-7-5-4-6-8-14/h4-8,15H,9-13H2,1-3H3,(H,19,21)/t15-,18-/m1/s1. The SMILES string of the molecule is CC1(C)C[C@@H]2C[C@@](C)(CCN2C(=S)Nc2ccccc2)C1. The third-order valence-electron chi connectivity index (χ3n) is 5.10. The van der Waals surface area contributed by atoms with Gasteiger partial charge in [0.25, 0.3) is 0 Å². The first-order valence-electron chi connectivity index (χ1n) is 8.00.